The number of benzene rings is 1. The number of rotatable bonds is 3. The summed E-state index contributed by atoms with van der Waals surface area (Å²) in [5, 5.41) is 4.87. The number of aromatic amines is 1. The normalized spacial score (nSPS) is 11.0. The number of para-hydroxylation sites is 1. The Kier molecular flexibility index (Phi) is 3.24. The van der Waals surface area contributed by atoms with Crippen LogP contribution in [0.1, 0.15) is 16.2 Å². The molecule has 0 aliphatic heterocycles. The molecule has 2 heterocycles. The fourth-order valence-electron chi connectivity index (χ4n) is 1.87. The molecule has 0 saturated heterocycles. The maximum atomic E-state index is 11.9. The van der Waals surface area contributed by atoms with Gasteiger partial charge in [0.15, 0.2) is 0 Å². The molecule has 0 saturated carbocycles. The molecular formula is C15H12N4O. The number of fused-ring (bicyclic) bond motifs is 1. The highest BCUT2D eigenvalue weighted by atomic mass is 16.2. The molecule has 0 radical (unpaired) electrons. The van der Waals surface area contributed by atoms with Gasteiger partial charge in [-0.2, -0.15) is 5.10 Å². The van der Waals surface area contributed by atoms with Crippen molar-refractivity contribution in [2.75, 3.05) is 0 Å². The number of nitrogens with one attached hydrogen (secondary N) is 2. The zero-order chi connectivity index (χ0) is 13.8. The lowest BCUT2D eigenvalue weighted by molar-refractivity contribution is 0.0951. The maximum Gasteiger partial charge on any atom is 0.287 e. The van der Waals surface area contributed by atoms with Gasteiger partial charge < -0.3 is 4.98 Å². The molecule has 2 N–H and O–H groups in total. The van der Waals surface area contributed by atoms with E-state index in [9.17, 15) is 4.79 Å². The molecule has 0 spiro atoms. The van der Waals surface area contributed by atoms with Gasteiger partial charge >= 0.3 is 0 Å². The van der Waals surface area contributed by atoms with E-state index in [0.29, 0.717) is 11.4 Å². The molecule has 5 heteroatoms. The number of pyridine rings is 1. The van der Waals surface area contributed by atoms with E-state index in [-0.39, 0.29) is 5.91 Å². The molecular weight excluding hydrogens is 252 g/mol. The largest absolute Gasteiger partial charge is 0.350 e. The minimum absolute atomic E-state index is 0.284. The molecule has 0 fully saturated rings. The fraction of sp³-hybridized carbons (Fsp3) is 0. The second-order valence-electron chi connectivity index (χ2n) is 4.22. The van der Waals surface area contributed by atoms with Crippen LogP contribution in [0.3, 0.4) is 0 Å². The molecule has 0 aliphatic rings. The Bertz CT molecular complexity index is 729. The van der Waals surface area contributed by atoms with Gasteiger partial charge in [-0.15, -0.1) is 0 Å². The Morgan fingerprint density at radius 3 is 2.85 bits per heavy atom. The minimum Gasteiger partial charge on any atom is -0.350 e. The average Bonchev–Trinajstić information content (AvgIpc) is 2.92. The van der Waals surface area contributed by atoms with Gasteiger partial charge in [-0.25, -0.2) is 5.43 Å². The van der Waals surface area contributed by atoms with Crippen molar-refractivity contribution in [3.63, 3.8) is 0 Å². The number of hydrogen-bond donors (Lipinski definition) is 2. The molecule has 0 bridgehead atoms. The number of hydrazone groups is 1. The first-order valence-corrected chi connectivity index (χ1v) is 6.15. The maximum absolute atomic E-state index is 11.9. The van der Waals surface area contributed by atoms with Crippen LogP contribution in [0.25, 0.3) is 10.9 Å². The number of hydrogen-bond acceptors (Lipinski definition) is 3. The molecule has 5 nitrogen and oxygen atoms in total. The lowest BCUT2D eigenvalue weighted by Gasteiger charge is -1.95. The highest BCUT2D eigenvalue weighted by molar-refractivity contribution is 5.98. The van der Waals surface area contributed by atoms with E-state index in [4.69, 9.17) is 0 Å². The first-order valence-electron chi connectivity index (χ1n) is 6.15. The number of carbonyl (C=O) groups is 1. The predicted octanol–water partition coefficient (Wildman–Crippen LogP) is 2.33. The van der Waals surface area contributed by atoms with Gasteiger partial charge in [0, 0.05) is 17.1 Å². The number of carbonyl (C=O) groups excluding carboxylic acids is 1. The third-order valence-electron chi connectivity index (χ3n) is 2.83. The minimum atomic E-state index is -0.284. The molecule has 1 aromatic carbocycles. The second-order valence-corrected chi connectivity index (χ2v) is 4.22. The molecule has 20 heavy (non-hydrogen) atoms. The van der Waals surface area contributed by atoms with E-state index in [1.54, 1.807) is 18.3 Å². The smallest absolute Gasteiger partial charge is 0.287 e. The summed E-state index contributed by atoms with van der Waals surface area (Å²) in [5.41, 5.74) is 4.55. The summed E-state index contributed by atoms with van der Waals surface area (Å²) in [6.07, 6.45) is 3.17. The molecule has 0 aliphatic carbocycles. The zero-order valence-corrected chi connectivity index (χ0v) is 10.6. The third-order valence-corrected chi connectivity index (χ3v) is 2.83. The van der Waals surface area contributed by atoms with E-state index < -0.39 is 0 Å². The van der Waals surface area contributed by atoms with Crippen molar-refractivity contribution in [1.29, 1.82) is 0 Å². The van der Waals surface area contributed by atoms with Crippen LogP contribution >= 0.6 is 0 Å². The first-order chi connectivity index (χ1) is 9.83. The van der Waals surface area contributed by atoms with Crippen molar-refractivity contribution in [2.45, 2.75) is 0 Å². The van der Waals surface area contributed by atoms with Crippen LogP contribution in [0, 0.1) is 0 Å². The average molecular weight is 264 g/mol. The van der Waals surface area contributed by atoms with Crippen LogP contribution in [0.15, 0.2) is 59.8 Å². The van der Waals surface area contributed by atoms with Gasteiger partial charge in [-0.1, -0.05) is 24.3 Å². The summed E-state index contributed by atoms with van der Waals surface area (Å²) in [7, 11) is 0. The van der Waals surface area contributed by atoms with Crippen molar-refractivity contribution in [3.8, 4) is 0 Å². The number of amides is 1. The predicted molar refractivity (Wildman–Crippen MR) is 77.6 cm³/mol. The van der Waals surface area contributed by atoms with Gasteiger partial charge in [-0.05, 0) is 24.3 Å². The Balaban J connectivity index is 1.71. The Hall–Kier alpha value is -2.95. The standard InChI is InChI=1S/C15H12N4O/c20-15(19-17-10-12-6-3-4-8-16-12)14-9-11-5-1-2-7-13(11)18-14/h1-10,18H,(H,19,20). The fourth-order valence-corrected chi connectivity index (χ4v) is 1.87. The Morgan fingerprint density at radius 2 is 2.05 bits per heavy atom. The Labute approximate surface area is 115 Å². The van der Waals surface area contributed by atoms with Gasteiger partial charge in [0.2, 0.25) is 0 Å². The monoisotopic (exact) mass is 264 g/mol. The number of aromatic nitrogens is 2. The highest BCUT2D eigenvalue weighted by Gasteiger charge is 2.07. The number of nitrogens with zero attached hydrogens (tertiary/aromatic N) is 2. The van der Waals surface area contributed by atoms with Crippen molar-refractivity contribution in [2.24, 2.45) is 5.10 Å². The van der Waals surface area contributed by atoms with Gasteiger partial charge in [0.1, 0.15) is 5.69 Å². The molecule has 3 aromatic rings. The van der Waals surface area contributed by atoms with E-state index in [1.807, 2.05) is 36.4 Å². The van der Waals surface area contributed by atoms with Gasteiger partial charge in [0.05, 0.1) is 11.9 Å². The lowest BCUT2D eigenvalue weighted by Crippen LogP contribution is -2.17. The van der Waals surface area contributed by atoms with E-state index in [0.717, 1.165) is 10.9 Å². The van der Waals surface area contributed by atoms with Crippen LogP contribution in [0.4, 0.5) is 0 Å². The quantitative estimate of drug-likeness (QED) is 0.563. The lowest BCUT2D eigenvalue weighted by atomic mass is 10.2. The summed E-state index contributed by atoms with van der Waals surface area (Å²) >= 11 is 0. The van der Waals surface area contributed by atoms with Crippen molar-refractivity contribution < 1.29 is 4.79 Å². The van der Waals surface area contributed by atoms with Crippen LogP contribution in [-0.4, -0.2) is 22.1 Å². The van der Waals surface area contributed by atoms with Crippen molar-refractivity contribution in [3.05, 3.63) is 66.1 Å². The number of H-pyrrole nitrogens is 1. The van der Waals surface area contributed by atoms with Crippen LogP contribution in [-0.2, 0) is 0 Å². The molecule has 0 atom stereocenters. The van der Waals surface area contributed by atoms with E-state index in [1.165, 1.54) is 6.21 Å². The topological polar surface area (TPSA) is 70.1 Å². The summed E-state index contributed by atoms with van der Waals surface area (Å²) in [5.74, 6) is -0.284. The summed E-state index contributed by atoms with van der Waals surface area (Å²) in [4.78, 5) is 19.0. The zero-order valence-electron chi connectivity index (χ0n) is 10.6. The van der Waals surface area contributed by atoms with Crippen molar-refractivity contribution >= 4 is 23.0 Å². The molecule has 0 unspecified atom stereocenters. The summed E-state index contributed by atoms with van der Waals surface area (Å²) in [6.45, 7) is 0. The van der Waals surface area contributed by atoms with Gasteiger partial charge in [-0.3, -0.25) is 9.78 Å². The van der Waals surface area contributed by atoms with Gasteiger partial charge in [0.25, 0.3) is 5.91 Å². The SMILES string of the molecule is O=C(NN=Cc1ccccn1)c1cc2ccccc2[nH]1. The summed E-state index contributed by atoms with van der Waals surface area (Å²) in [6, 6.07) is 15.0. The van der Waals surface area contributed by atoms with Crippen LogP contribution in [0.5, 0.6) is 0 Å². The highest BCUT2D eigenvalue weighted by Crippen LogP contribution is 2.14. The Morgan fingerprint density at radius 1 is 1.20 bits per heavy atom. The molecule has 2 aromatic heterocycles. The van der Waals surface area contributed by atoms with Crippen LogP contribution in [0.2, 0.25) is 0 Å². The summed E-state index contributed by atoms with van der Waals surface area (Å²) < 4.78 is 0. The second kappa shape index (κ2) is 5.36. The molecule has 3 rings (SSSR count). The third kappa shape index (κ3) is 2.56. The van der Waals surface area contributed by atoms with Crippen LogP contribution < -0.4 is 5.43 Å². The van der Waals surface area contributed by atoms with E-state index >= 15 is 0 Å². The molecule has 98 valence electrons. The molecule has 1 amide bonds. The first kappa shape index (κ1) is 12.1. The van der Waals surface area contributed by atoms with E-state index in [2.05, 4.69) is 20.5 Å². The van der Waals surface area contributed by atoms with Crippen molar-refractivity contribution in [1.82, 2.24) is 15.4 Å².